The molecule has 1 fully saturated rings. The molecule has 3 heteroatoms. The fourth-order valence-electron chi connectivity index (χ4n) is 2.02. The summed E-state index contributed by atoms with van der Waals surface area (Å²) in [5.74, 6) is 1.13. The van der Waals surface area contributed by atoms with E-state index in [1.807, 2.05) is 13.2 Å². The highest BCUT2D eigenvalue weighted by atomic mass is 15.2. The number of anilines is 1. The molecule has 1 saturated carbocycles. The zero-order chi connectivity index (χ0) is 11.5. The molecule has 3 nitrogen and oxygen atoms in total. The van der Waals surface area contributed by atoms with Crippen molar-refractivity contribution in [2.24, 2.45) is 0 Å². The Balaban J connectivity index is 2.20. The Morgan fingerprint density at radius 3 is 2.88 bits per heavy atom. The van der Waals surface area contributed by atoms with Gasteiger partial charge in [-0.05, 0) is 51.4 Å². The van der Waals surface area contributed by atoms with Crippen LogP contribution in [-0.2, 0) is 0 Å². The minimum atomic E-state index is 0.389. The molecule has 0 spiro atoms. The topological polar surface area (TPSA) is 28.2 Å². The number of hydrogen-bond donors (Lipinski definition) is 1. The highest BCUT2D eigenvalue weighted by molar-refractivity contribution is 5.44. The summed E-state index contributed by atoms with van der Waals surface area (Å²) >= 11 is 0. The summed E-state index contributed by atoms with van der Waals surface area (Å²) < 4.78 is 0. The van der Waals surface area contributed by atoms with Crippen molar-refractivity contribution in [1.82, 2.24) is 10.3 Å². The Bertz CT molecular complexity index is 347. The Morgan fingerprint density at radius 1 is 1.56 bits per heavy atom. The predicted octanol–water partition coefficient (Wildman–Crippen LogP) is 2.35. The van der Waals surface area contributed by atoms with E-state index in [-0.39, 0.29) is 0 Å². The van der Waals surface area contributed by atoms with E-state index in [4.69, 9.17) is 0 Å². The Hall–Kier alpha value is -1.09. The van der Waals surface area contributed by atoms with Crippen molar-refractivity contribution in [3.8, 4) is 0 Å². The van der Waals surface area contributed by atoms with Gasteiger partial charge in [0.2, 0.25) is 0 Å². The lowest BCUT2D eigenvalue weighted by molar-refractivity contribution is 0.650. The maximum atomic E-state index is 4.49. The Kier molecular flexibility index (Phi) is 3.44. The number of hydrogen-bond acceptors (Lipinski definition) is 3. The number of aromatic nitrogens is 1. The van der Waals surface area contributed by atoms with Gasteiger partial charge in [-0.25, -0.2) is 4.98 Å². The van der Waals surface area contributed by atoms with Gasteiger partial charge in [-0.1, -0.05) is 0 Å². The molecule has 0 saturated heterocycles. The summed E-state index contributed by atoms with van der Waals surface area (Å²) in [4.78, 5) is 6.90. The van der Waals surface area contributed by atoms with E-state index in [9.17, 15) is 0 Å². The van der Waals surface area contributed by atoms with Gasteiger partial charge in [0.15, 0.2) is 0 Å². The zero-order valence-corrected chi connectivity index (χ0v) is 10.4. The first-order chi connectivity index (χ1) is 7.76. The molecule has 1 aromatic rings. The van der Waals surface area contributed by atoms with Crippen LogP contribution in [0.15, 0.2) is 18.3 Å². The van der Waals surface area contributed by atoms with Crippen LogP contribution in [0.5, 0.6) is 0 Å². The molecule has 1 aliphatic rings. The lowest BCUT2D eigenvalue weighted by Crippen LogP contribution is -2.26. The molecule has 0 amide bonds. The normalized spacial score (nSPS) is 17.2. The number of nitrogens with zero attached hydrogens (tertiary/aromatic N) is 2. The van der Waals surface area contributed by atoms with E-state index in [2.05, 4.69) is 41.2 Å². The van der Waals surface area contributed by atoms with Crippen LogP contribution in [0.3, 0.4) is 0 Å². The number of nitrogens with one attached hydrogen (secondary N) is 1. The summed E-state index contributed by atoms with van der Waals surface area (Å²) in [6, 6.07) is 5.42. The summed E-state index contributed by atoms with van der Waals surface area (Å²) in [6.45, 7) is 5.43. The molecule has 2 rings (SSSR count). The van der Waals surface area contributed by atoms with Crippen molar-refractivity contribution in [2.75, 3.05) is 18.5 Å². The molecular formula is C13H21N3. The van der Waals surface area contributed by atoms with Gasteiger partial charge in [-0.3, -0.25) is 0 Å². The maximum absolute atomic E-state index is 4.49. The van der Waals surface area contributed by atoms with Crippen molar-refractivity contribution in [3.63, 3.8) is 0 Å². The minimum Gasteiger partial charge on any atom is -0.354 e. The monoisotopic (exact) mass is 219 g/mol. The van der Waals surface area contributed by atoms with Crippen LogP contribution in [0.4, 0.5) is 5.82 Å². The van der Waals surface area contributed by atoms with Crippen LogP contribution < -0.4 is 10.2 Å². The fraction of sp³-hybridized carbons (Fsp3) is 0.615. The van der Waals surface area contributed by atoms with Crippen molar-refractivity contribution < 1.29 is 0 Å². The van der Waals surface area contributed by atoms with Gasteiger partial charge >= 0.3 is 0 Å². The second-order valence-electron chi connectivity index (χ2n) is 4.47. The first-order valence-corrected chi connectivity index (χ1v) is 6.16. The molecule has 0 radical (unpaired) electrons. The van der Waals surface area contributed by atoms with E-state index in [0.29, 0.717) is 6.04 Å². The van der Waals surface area contributed by atoms with Crippen LogP contribution >= 0.6 is 0 Å². The SMILES string of the molecule is CCN(c1cc(C(C)NC)ccn1)C1CC1. The fourth-order valence-corrected chi connectivity index (χ4v) is 2.02. The van der Waals surface area contributed by atoms with Crippen LogP contribution in [0, 0.1) is 0 Å². The van der Waals surface area contributed by atoms with Crippen LogP contribution in [0.2, 0.25) is 0 Å². The van der Waals surface area contributed by atoms with Gasteiger partial charge in [0, 0.05) is 24.8 Å². The second kappa shape index (κ2) is 4.83. The van der Waals surface area contributed by atoms with Gasteiger partial charge in [0.25, 0.3) is 0 Å². The zero-order valence-electron chi connectivity index (χ0n) is 10.4. The highest BCUT2D eigenvalue weighted by Crippen LogP contribution is 2.31. The minimum absolute atomic E-state index is 0.389. The lowest BCUT2D eigenvalue weighted by Gasteiger charge is -2.22. The van der Waals surface area contributed by atoms with Crippen molar-refractivity contribution in [3.05, 3.63) is 23.9 Å². The molecule has 1 unspecified atom stereocenters. The number of pyridine rings is 1. The standard InChI is InChI=1S/C13H21N3/c1-4-16(12-5-6-12)13-9-11(7-8-15-13)10(2)14-3/h7-10,12,14H,4-6H2,1-3H3. The molecule has 1 aromatic heterocycles. The van der Waals surface area contributed by atoms with Gasteiger partial charge < -0.3 is 10.2 Å². The molecule has 1 heterocycles. The smallest absolute Gasteiger partial charge is 0.129 e. The summed E-state index contributed by atoms with van der Waals surface area (Å²) in [5.41, 5.74) is 1.31. The first kappa shape index (κ1) is 11.4. The predicted molar refractivity (Wildman–Crippen MR) is 67.8 cm³/mol. The summed E-state index contributed by atoms with van der Waals surface area (Å²) in [7, 11) is 1.99. The summed E-state index contributed by atoms with van der Waals surface area (Å²) in [6.07, 6.45) is 4.56. The van der Waals surface area contributed by atoms with Crippen molar-refractivity contribution in [1.29, 1.82) is 0 Å². The molecule has 16 heavy (non-hydrogen) atoms. The molecule has 0 aromatic carbocycles. The van der Waals surface area contributed by atoms with Gasteiger partial charge in [-0.2, -0.15) is 0 Å². The number of rotatable bonds is 5. The lowest BCUT2D eigenvalue weighted by atomic mass is 10.1. The average Bonchev–Trinajstić information content (AvgIpc) is 3.14. The molecule has 1 atom stereocenters. The molecule has 1 aliphatic carbocycles. The third-order valence-electron chi connectivity index (χ3n) is 3.33. The Morgan fingerprint density at radius 2 is 2.31 bits per heavy atom. The molecular weight excluding hydrogens is 198 g/mol. The van der Waals surface area contributed by atoms with Crippen LogP contribution in [-0.4, -0.2) is 24.6 Å². The van der Waals surface area contributed by atoms with E-state index < -0.39 is 0 Å². The molecule has 0 bridgehead atoms. The Labute approximate surface area is 97.9 Å². The third-order valence-corrected chi connectivity index (χ3v) is 3.33. The second-order valence-corrected chi connectivity index (χ2v) is 4.47. The molecule has 1 N–H and O–H groups in total. The van der Waals surface area contributed by atoms with Crippen molar-refractivity contribution >= 4 is 5.82 Å². The van der Waals surface area contributed by atoms with E-state index in [1.165, 1.54) is 18.4 Å². The quantitative estimate of drug-likeness (QED) is 0.824. The maximum Gasteiger partial charge on any atom is 0.129 e. The van der Waals surface area contributed by atoms with Gasteiger partial charge in [0.05, 0.1) is 0 Å². The van der Waals surface area contributed by atoms with E-state index in [0.717, 1.165) is 18.4 Å². The largest absolute Gasteiger partial charge is 0.354 e. The summed E-state index contributed by atoms with van der Waals surface area (Å²) in [5, 5.41) is 3.26. The average molecular weight is 219 g/mol. The molecule has 88 valence electrons. The van der Waals surface area contributed by atoms with Crippen LogP contribution in [0.1, 0.15) is 38.3 Å². The van der Waals surface area contributed by atoms with Crippen LogP contribution in [0.25, 0.3) is 0 Å². The highest BCUT2D eigenvalue weighted by Gasteiger charge is 2.28. The van der Waals surface area contributed by atoms with E-state index >= 15 is 0 Å². The van der Waals surface area contributed by atoms with Crippen molar-refractivity contribution in [2.45, 2.75) is 38.8 Å². The third kappa shape index (κ3) is 2.35. The molecule has 0 aliphatic heterocycles. The van der Waals surface area contributed by atoms with Gasteiger partial charge in [0.1, 0.15) is 5.82 Å². The van der Waals surface area contributed by atoms with E-state index in [1.54, 1.807) is 0 Å². The van der Waals surface area contributed by atoms with Gasteiger partial charge in [-0.15, -0.1) is 0 Å². The first-order valence-electron chi connectivity index (χ1n) is 6.16.